The highest BCUT2D eigenvalue weighted by Crippen LogP contribution is 2.18. The third-order valence-electron chi connectivity index (χ3n) is 3.79. The van der Waals surface area contributed by atoms with E-state index in [4.69, 9.17) is 4.74 Å². The topological polar surface area (TPSA) is 80.3 Å². The number of benzene rings is 2. The van der Waals surface area contributed by atoms with Crippen LogP contribution in [0.5, 0.6) is 5.75 Å². The molecular formula is C19H17N3O3. The number of rotatable bonds is 3. The molecule has 6 heteroatoms. The molecule has 0 radical (unpaired) electrons. The first-order valence-electron chi connectivity index (χ1n) is 7.69. The molecule has 0 fully saturated rings. The molecule has 0 saturated carbocycles. The molecule has 0 atom stereocenters. The van der Waals surface area contributed by atoms with E-state index in [9.17, 15) is 9.59 Å². The Morgan fingerprint density at radius 2 is 1.72 bits per heavy atom. The molecule has 0 aliphatic heterocycles. The van der Waals surface area contributed by atoms with Crippen molar-refractivity contribution in [3.63, 3.8) is 0 Å². The lowest BCUT2D eigenvalue weighted by Crippen LogP contribution is -2.41. The Labute approximate surface area is 144 Å². The van der Waals surface area contributed by atoms with Crippen molar-refractivity contribution < 1.29 is 14.3 Å². The summed E-state index contributed by atoms with van der Waals surface area (Å²) >= 11 is 0. The number of hydrogen-bond donors (Lipinski definition) is 2. The summed E-state index contributed by atoms with van der Waals surface area (Å²) in [6.07, 6.45) is 0. The Hall–Kier alpha value is -3.41. The van der Waals surface area contributed by atoms with Crippen molar-refractivity contribution in [1.82, 2.24) is 15.8 Å². The lowest BCUT2D eigenvalue weighted by molar-refractivity contribution is 0.0844. The largest absolute Gasteiger partial charge is 0.496 e. The van der Waals surface area contributed by atoms with E-state index in [1.165, 1.54) is 7.11 Å². The summed E-state index contributed by atoms with van der Waals surface area (Å²) in [6.45, 7) is 1.88. The average molecular weight is 335 g/mol. The van der Waals surface area contributed by atoms with E-state index in [1.54, 1.807) is 24.3 Å². The number of methoxy groups -OCH3 is 1. The molecule has 0 spiro atoms. The highest BCUT2D eigenvalue weighted by Gasteiger charge is 2.12. The highest BCUT2D eigenvalue weighted by atomic mass is 16.5. The predicted molar refractivity (Wildman–Crippen MR) is 94.4 cm³/mol. The first kappa shape index (κ1) is 16.4. The lowest BCUT2D eigenvalue weighted by atomic mass is 10.1. The first-order valence-corrected chi connectivity index (χ1v) is 7.69. The molecule has 25 heavy (non-hydrogen) atoms. The molecule has 0 unspecified atom stereocenters. The van der Waals surface area contributed by atoms with Crippen LogP contribution in [0.15, 0.2) is 54.6 Å². The van der Waals surface area contributed by atoms with Crippen LogP contribution in [0, 0.1) is 6.92 Å². The fraction of sp³-hybridized carbons (Fsp3) is 0.105. The van der Waals surface area contributed by atoms with Crippen LogP contribution < -0.4 is 15.6 Å². The first-order chi connectivity index (χ1) is 12.1. The molecule has 2 aromatic carbocycles. The number of hydrogen-bond acceptors (Lipinski definition) is 4. The summed E-state index contributed by atoms with van der Waals surface area (Å²) in [7, 11) is 1.54. The van der Waals surface area contributed by atoms with Gasteiger partial charge in [0.25, 0.3) is 11.8 Å². The monoisotopic (exact) mass is 335 g/mol. The highest BCUT2D eigenvalue weighted by molar-refractivity contribution is 5.99. The fourth-order valence-corrected chi connectivity index (χ4v) is 2.40. The molecule has 0 aliphatic carbocycles. The van der Waals surface area contributed by atoms with Gasteiger partial charge in [-0.3, -0.25) is 20.4 Å². The predicted octanol–water partition coefficient (Wildman–Crippen LogP) is 2.63. The maximum atomic E-state index is 12.2. The summed E-state index contributed by atoms with van der Waals surface area (Å²) in [4.78, 5) is 28.6. The van der Waals surface area contributed by atoms with Crippen LogP contribution in [-0.2, 0) is 0 Å². The SMILES string of the molecule is COc1cc(C(=O)NNC(=O)c2ccc3ccccc3n2)ccc1C. The fourth-order valence-electron chi connectivity index (χ4n) is 2.40. The van der Waals surface area contributed by atoms with Gasteiger partial charge in [0.05, 0.1) is 12.6 Å². The maximum Gasteiger partial charge on any atom is 0.288 e. The molecule has 2 N–H and O–H groups in total. The van der Waals surface area contributed by atoms with Crippen molar-refractivity contribution in [2.45, 2.75) is 6.92 Å². The lowest BCUT2D eigenvalue weighted by Gasteiger charge is -2.09. The third kappa shape index (κ3) is 3.58. The quantitative estimate of drug-likeness (QED) is 0.721. The van der Waals surface area contributed by atoms with E-state index < -0.39 is 11.8 Å². The molecule has 1 heterocycles. The normalized spacial score (nSPS) is 10.3. The van der Waals surface area contributed by atoms with Crippen LogP contribution in [0.4, 0.5) is 0 Å². The molecule has 2 amide bonds. The van der Waals surface area contributed by atoms with Gasteiger partial charge in [-0.05, 0) is 36.8 Å². The minimum absolute atomic E-state index is 0.223. The Morgan fingerprint density at radius 3 is 2.52 bits per heavy atom. The van der Waals surface area contributed by atoms with Crippen LogP contribution in [-0.4, -0.2) is 23.9 Å². The summed E-state index contributed by atoms with van der Waals surface area (Å²) in [6, 6.07) is 16.0. The standard InChI is InChI=1S/C19H17N3O3/c1-12-7-8-14(11-17(12)25-2)18(23)21-22-19(24)16-10-9-13-5-3-4-6-15(13)20-16/h3-11H,1-2H3,(H,21,23)(H,22,24). The van der Waals surface area contributed by atoms with E-state index >= 15 is 0 Å². The van der Waals surface area contributed by atoms with Crippen molar-refractivity contribution in [1.29, 1.82) is 0 Å². The minimum atomic E-state index is -0.488. The van der Waals surface area contributed by atoms with Crippen molar-refractivity contribution >= 4 is 22.7 Å². The van der Waals surface area contributed by atoms with E-state index in [1.807, 2.05) is 37.3 Å². The second kappa shape index (κ2) is 7.00. The molecule has 0 bridgehead atoms. The van der Waals surface area contributed by atoms with Crippen LogP contribution in [0.1, 0.15) is 26.4 Å². The smallest absolute Gasteiger partial charge is 0.288 e. The van der Waals surface area contributed by atoms with Gasteiger partial charge in [-0.2, -0.15) is 0 Å². The number of carbonyl (C=O) groups excluding carboxylic acids is 2. The van der Waals surface area contributed by atoms with Crippen LogP contribution in [0.25, 0.3) is 10.9 Å². The number of hydrazine groups is 1. The number of nitrogens with zero attached hydrogens (tertiary/aromatic N) is 1. The molecule has 3 aromatic rings. The number of aromatic nitrogens is 1. The Kier molecular flexibility index (Phi) is 4.61. The van der Waals surface area contributed by atoms with Gasteiger partial charge in [-0.15, -0.1) is 0 Å². The Morgan fingerprint density at radius 1 is 0.960 bits per heavy atom. The van der Waals surface area contributed by atoms with Gasteiger partial charge in [0.15, 0.2) is 0 Å². The van der Waals surface area contributed by atoms with Crippen molar-refractivity contribution in [2.24, 2.45) is 0 Å². The summed E-state index contributed by atoms with van der Waals surface area (Å²) in [5.74, 6) is -0.319. The van der Waals surface area contributed by atoms with Gasteiger partial charge in [0.1, 0.15) is 11.4 Å². The number of amides is 2. The Bertz CT molecular complexity index is 954. The number of aryl methyl sites for hydroxylation is 1. The van der Waals surface area contributed by atoms with E-state index in [2.05, 4.69) is 15.8 Å². The zero-order chi connectivity index (χ0) is 17.8. The summed E-state index contributed by atoms with van der Waals surface area (Å²) in [5, 5.41) is 0.940. The average Bonchev–Trinajstić information content (AvgIpc) is 2.65. The number of fused-ring (bicyclic) bond motifs is 1. The number of para-hydroxylation sites is 1. The molecule has 126 valence electrons. The minimum Gasteiger partial charge on any atom is -0.496 e. The summed E-state index contributed by atoms with van der Waals surface area (Å²) in [5.41, 5.74) is 6.99. The number of carbonyl (C=O) groups is 2. The van der Waals surface area contributed by atoms with Gasteiger partial charge in [-0.25, -0.2) is 4.98 Å². The number of pyridine rings is 1. The molecule has 6 nitrogen and oxygen atoms in total. The van der Waals surface area contributed by atoms with Crippen molar-refractivity contribution in [3.8, 4) is 5.75 Å². The second-order valence-corrected chi connectivity index (χ2v) is 5.48. The molecular weight excluding hydrogens is 318 g/mol. The van der Waals surface area contributed by atoms with E-state index in [0.29, 0.717) is 16.8 Å². The van der Waals surface area contributed by atoms with Crippen LogP contribution in [0.2, 0.25) is 0 Å². The van der Waals surface area contributed by atoms with E-state index in [-0.39, 0.29) is 5.69 Å². The summed E-state index contributed by atoms with van der Waals surface area (Å²) < 4.78 is 5.19. The third-order valence-corrected chi connectivity index (χ3v) is 3.79. The van der Waals surface area contributed by atoms with Crippen LogP contribution >= 0.6 is 0 Å². The number of nitrogens with one attached hydrogen (secondary N) is 2. The van der Waals surface area contributed by atoms with Gasteiger partial charge in [0, 0.05) is 10.9 Å². The molecule has 1 aromatic heterocycles. The van der Waals surface area contributed by atoms with Crippen molar-refractivity contribution in [3.05, 3.63) is 71.4 Å². The second-order valence-electron chi connectivity index (χ2n) is 5.48. The van der Waals surface area contributed by atoms with E-state index in [0.717, 1.165) is 10.9 Å². The number of ether oxygens (including phenoxy) is 1. The van der Waals surface area contributed by atoms with Gasteiger partial charge < -0.3 is 4.74 Å². The Balaban J connectivity index is 1.69. The van der Waals surface area contributed by atoms with Gasteiger partial charge in [0.2, 0.25) is 0 Å². The van der Waals surface area contributed by atoms with Crippen LogP contribution in [0.3, 0.4) is 0 Å². The maximum absolute atomic E-state index is 12.2. The molecule has 0 saturated heterocycles. The van der Waals surface area contributed by atoms with Gasteiger partial charge >= 0.3 is 0 Å². The zero-order valence-electron chi connectivity index (χ0n) is 13.9. The molecule has 0 aliphatic rings. The zero-order valence-corrected chi connectivity index (χ0v) is 13.9. The van der Waals surface area contributed by atoms with Gasteiger partial charge in [-0.1, -0.05) is 30.3 Å². The van der Waals surface area contributed by atoms with Crippen molar-refractivity contribution in [2.75, 3.05) is 7.11 Å². The molecule has 3 rings (SSSR count).